The number of pyridine rings is 1. The van der Waals surface area contributed by atoms with Crippen LogP contribution in [0.1, 0.15) is 24.5 Å². The summed E-state index contributed by atoms with van der Waals surface area (Å²) >= 11 is 6.23. The molecule has 0 aliphatic rings. The Morgan fingerprint density at radius 1 is 1.19 bits per heavy atom. The number of anilines is 1. The molecule has 0 saturated carbocycles. The molecule has 0 radical (unpaired) electrons. The van der Waals surface area contributed by atoms with Gasteiger partial charge in [0, 0.05) is 6.20 Å². The fraction of sp³-hybridized carbons (Fsp3) is 0.158. The average molecular weight is 440 g/mol. The van der Waals surface area contributed by atoms with Crippen molar-refractivity contribution in [3.8, 4) is 0 Å². The number of hydrogen-bond donors (Lipinski definition) is 1. The van der Waals surface area contributed by atoms with Gasteiger partial charge in [-0.1, -0.05) is 11.6 Å². The van der Waals surface area contributed by atoms with E-state index >= 15 is 0 Å². The summed E-state index contributed by atoms with van der Waals surface area (Å²) < 4.78 is 18.0. The SMILES string of the molecule is C[C@@H](c1ccc(F)cn1)n1c(Cn2cnc3c(N)ncnc32)nn2ccc(Cl)c2c1=O. The fourth-order valence-corrected chi connectivity index (χ4v) is 3.75. The highest BCUT2D eigenvalue weighted by Crippen LogP contribution is 2.21. The fourth-order valence-electron chi connectivity index (χ4n) is 3.53. The summed E-state index contributed by atoms with van der Waals surface area (Å²) in [6.07, 6.45) is 5.62. The highest BCUT2D eigenvalue weighted by atomic mass is 35.5. The molecule has 0 saturated heterocycles. The Hall–Kier alpha value is -3.86. The van der Waals surface area contributed by atoms with Gasteiger partial charge in [-0.05, 0) is 25.1 Å². The number of nitrogens with zero attached hydrogens (tertiary/aromatic N) is 8. The third kappa shape index (κ3) is 3.10. The maximum absolute atomic E-state index is 13.4. The normalized spacial score (nSPS) is 12.6. The second-order valence-corrected chi connectivity index (χ2v) is 7.34. The summed E-state index contributed by atoms with van der Waals surface area (Å²) in [5, 5.41) is 4.88. The molecule has 31 heavy (non-hydrogen) atoms. The Balaban J connectivity index is 1.71. The molecular formula is C19H15ClFN9O. The molecule has 10 nitrogen and oxygen atoms in total. The van der Waals surface area contributed by atoms with Crippen molar-refractivity contribution in [2.24, 2.45) is 0 Å². The zero-order valence-electron chi connectivity index (χ0n) is 16.1. The predicted octanol–water partition coefficient (Wildman–Crippen LogP) is 2.06. The molecule has 0 amide bonds. The molecule has 0 bridgehead atoms. The van der Waals surface area contributed by atoms with Crippen molar-refractivity contribution in [1.82, 2.24) is 38.7 Å². The number of rotatable bonds is 4. The molecule has 5 aromatic rings. The van der Waals surface area contributed by atoms with E-state index in [2.05, 4.69) is 25.0 Å². The van der Waals surface area contributed by atoms with Gasteiger partial charge in [0.15, 0.2) is 17.3 Å². The number of nitrogens with two attached hydrogens (primary N) is 1. The lowest BCUT2D eigenvalue weighted by Crippen LogP contribution is -2.32. The minimum Gasteiger partial charge on any atom is -0.382 e. The minimum atomic E-state index is -0.541. The summed E-state index contributed by atoms with van der Waals surface area (Å²) in [7, 11) is 0. The Kier molecular flexibility index (Phi) is 4.40. The molecule has 0 spiro atoms. The summed E-state index contributed by atoms with van der Waals surface area (Å²) in [5.74, 6) is 0.194. The largest absolute Gasteiger partial charge is 0.382 e. The first-order valence-corrected chi connectivity index (χ1v) is 9.63. The van der Waals surface area contributed by atoms with E-state index in [0.29, 0.717) is 22.7 Å². The van der Waals surface area contributed by atoms with Gasteiger partial charge < -0.3 is 10.3 Å². The van der Waals surface area contributed by atoms with Gasteiger partial charge in [0.05, 0.1) is 35.8 Å². The molecule has 1 atom stereocenters. The van der Waals surface area contributed by atoms with Crippen LogP contribution in [0, 0.1) is 5.82 Å². The van der Waals surface area contributed by atoms with Crippen molar-refractivity contribution >= 4 is 34.1 Å². The van der Waals surface area contributed by atoms with Crippen LogP contribution in [0.25, 0.3) is 16.7 Å². The van der Waals surface area contributed by atoms with Crippen LogP contribution in [0.3, 0.4) is 0 Å². The molecule has 12 heteroatoms. The maximum Gasteiger partial charge on any atom is 0.280 e. The molecule has 0 aliphatic carbocycles. The van der Waals surface area contributed by atoms with Crippen molar-refractivity contribution in [1.29, 1.82) is 0 Å². The lowest BCUT2D eigenvalue weighted by molar-refractivity contribution is 0.521. The Labute approximate surface area is 178 Å². The molecule has 5 heterocycles. The van der Waals surface area contributed by atoms with Crippen LogP contribution in [0.15, 0.2) is 48.0 Å². The van der Waals surface area contributed by atoms with E-state index < -0.39 is 11.9 Å². The molecule has 5 aromatic heterocycles. The van der Waals surface area contributed by atoms with E-state index in [1.807, 2.05) is 0 Å². The zero-order valence-corrected chi connectivity index (χ0v) is 16.9. The van der Waals surface area contributed by atoms with Crippen LogP contribution in [0.4, 0.5) is 10.2 Å². The van der Waals surface area contributed by atoms with Gasteiger partial charge in [-0.2, -0.15) is 5.10 Å². The van der Waals surface area contributed by atoms with Crippen LogP contribution >= 0.6 is 11.6 Å². The highest BCUT2D eigenvalue weighted by molar-refractivity contribution is 6.33. The number of aromatic nitrogens is 8. The molecule has 5 rings (SSSR count). The third-order valence-electron chi connectivity index (χ3n) is 5.05. The molecule has 0 unspecified atom stereocenters. The quantitative estimate of drug-likeness (QED) is 0.454. The van der Waals surface area contributed by atoms with Gasteiger partial charge in [0.25, 0.3) is 5.56 Å². The minimum absolute atomic E-state index is 0.166. The lowest BCUT2D eigenvalue weighted by Gasteiger charge is -2.19. The van der Waals surface area contributed by atoms with Gasteiger partial charge in [-0.25, -0.2) is 23.9 Å². The van der Waals surface area contributed by atoms with Crippen molar-refractivity contribution in [2.75, 3.05) is 5.73 Å². The first kappa shape index (κ1) is 19.1. The molecule has 156 valence electrons. The summed E-state index contributed by atoms with van der Waals surface area (Å²) in [6.45, 7) is 1.95. The maximum atomic E-state index is 13.4. The summed E-state index contributed by atoms with van der Waals surface area (Å²) in [5.41, 5.74) is 7.22. The molecule has 0 aromatic carbocycles. The van der Waals surface area contributed by atoms with Crippen LogP contribution in [-0.4, -0.2) is 38.7 Å². The Morgan fingerprint density at radius 2 is 2.03 bits per heavy atom. The van der Waals surface area contributed by atoms with Crippen LogP contribution in [0.5, 0.6) is 0 Å². The number of fused-ring (bicyclic) bond motifs is 2. The highest BCUT2D eigenvalue weighted by Gasteiger charge is 2.21. The summed E-state index contributed by atoms with van der Waals surface area (Å²) in [6, 6.07) is 3.88. The molecule has 0 fully saturated rings. The summed E-state index contributed by atoms with van der Waals surface area (Å²) in [4.78, 5) is 30.0. The van der Waals surface area contributed by atoms with Crippen LogP contribution in [0.2, 0.25) is 5.02 Å². The smallest absolute Gasteiger partial charge is 0.280 e. The molecular weight excluding hydrogens is 425 g/mol. The molecule has 2 N–H and O–H groups in total. The van der Waals surface area contributed by atoms with E-state index in [0.717, 1.165) is 6.20 Å². The van der Waals surface area contributed by atoms with Crippen molar-refractivity contribution < 1.29 is 4.39 Å². The Morgan fingerprint density at radius 3 is 2.81 bits per heavy atom. The van der Waals surface area contributed by atoms with Crippen LogP contribution < -0.4 is 11.3 Å². The van der Waals surface area contributed by atoms with Crippen molar-refractivity contribution in [2.45, 2.75) is 19.5 Å². The van der Waals surface area contributed by atoms with Gasteiger partial charge >= 0.3 is 0 Å². The van der Waals surface area contributed by atoms with E-state index in [9.17, 15) is 9.18 Å². The monoisotopic (exact) mass is 439 g/mol. The second kappa shape index (κ2) is 7.13. The van der Waals surface area contributed by atoms with E-state index in [1.54, 1.807) is 30.1 Å². The average Bonchev–Trinajstić information content (AvgIpc) is 3.33. The lowest BCUT2D eigenvalue weighted by atomic mass is 10.2. The Bertz CT molecular complexity index is 1490. The zero-order chi connectivity index (χ0) is 21.7. The third-order valence-corrected chi connectivity index (χ3v) is 5.35. The van der Waals surface area contributed by atoms with Crippen molar-refractivity contribution in [3.05, 3.63) is 76.0 Å². The molecule has 0 aliphatic heterocycles. The first-order chi connectivity index (χ1) is 14.9. The second-order valence-electron chi connectivity index (χ2n) is 6.93. The topological polar surface area (TPSA) is 122 Å². The van der Waals surface area contributed by atoms with E-state index in [4.69, 9.17) is 17.3 Å². The van der Waals surface area contributed by atoms with Crippen LogP contribution in [-0.2, 0) is 6.54 Å². The van der Waals surface area contributed by atoms with Gasteiger partial charge in [0.1, 0.15) is 23.2 Å². The van der Waals surface area contributed by atoms with Crippen molar-refractivity contribution in [3.63, 3.8) is 0 Å². The number of halogens is 2. The first-order valence-electron chi connectivity index (χ1n) is 9.25. The van der Waals surface area contributed by atoms with Gasteiger partial charge in [-0.3, -0.25) is 14.3 Å². The van der Waals surface area contributed by atoms with E-state index in [-0.39, 0.29) is 28.5 Å². The van der Waals surface area contributed by atoms with E-state index in [1.165, 1.54) is 27.5 Å². The number of hydrogen-bond acceptors (Lipinski definition) is 7. The van der Waals surface area contributed by atoms with Gasteiger partial charge in [-0.15, -0.1) is 0 Å². The number of nitrogen functional groups attached to an aromatic ring is 1. The number of imidazole rings is 1. The van der Waals surface area contributed by atoms with Gasteiger partial charge in [0.2, 0.25) is 0 Å². The standard InChI is InChI=1S/C19H15ClFN9O/c1-10(13-3-2-11(21)6-23-13)30-14(27-29-5-4-12(20)16(29)19(30)31)7-28-9-26-15-17(22)24-8-25-18(15)28/h2-6,8-10H,7H2,1H3,(H2,22,24,25)/t10-/m0/s1. The predicted molar refractivity (Wildman–Crippen MR) is 111 cm³/mol.